The summed E-state index contributed by atoms with van der Waals surface area (Å²) in [6, 6.07) is 32.0. The molecule has 13 nitrogen and oxygen atoms in total. The molecule has 0 unspecified atom stereocenters. The Morgan fingerprint density at radius 3 is 1.21 bits per heavy atom. The summed E-state index contributed by atoms with van der Waals surface area (Å²) < 4.78 is 66.0. The fraction of sp³-hybridized carbons (Fsp3) is 0.447. The van der Waals surface area contributed by atoms with E-state index >= 15 is 0 Å². The van der Waals surface area contributed by atoms with E-state index in [1.807, 2.05) is 79.7 Å². The van der Waals surface area contributed by atoms with Gasteiger partial charge in [0.15, 0.2) is 11.6 Å². The zero-order chi connectivity index (χ0) is 45.9. The van der Waals surface area contributed by atoms with Crippen LogP contribution in [0.5, 0.6) is 11.5 Å². The van der Waals surface area contributed by atoms with Crippen molar-refractivity contribution in [3.63, 3.8) is 0 Å². The number of rotatable bonds is 14. The molecule has 348 valence electrons. The van der Waals surface area contributed by atoms with Gasteiger partial charge in [0.1, 0.15) is 11.5 Å². The minimum absolute atomic E-state index is 0. The predicted molar refractivity (Wildman–Crippen MR) is 246 cm³/mol. The predicted octanol–water partition coefficient (Wildman–Crippen LogP) is 7.96. The summed E-state index contributed by atoms with van der Waals surface area (Å²) in [7, 11) is -1.99. The maximum atomic E-state index is 12.3. The van der Waals surface area contributed by atoms with E-state index in [2.05, 4.69) is 24.5 Å². The number of carbonyl (C=O) groups is 2. The molecule has 3 fully saturated rings. The number of hydrogen-bond donors (Lipinski definition) is 2. The highest BCUT2D eigenvalue weighted by atomic mass is 35.7. The SMILES string of the molecule is C.CCC1(CO)COC1.CCC1(COS(C)(=O)=O)COC1.CCC1(COc2ccc(C(=O)c3ccccc3)cc2)COC1.CS(=O)(=O)Cl.O=C(c1ccccc1)c1ccc(O)cc1. The van der Waals surface area contributed by atoms with Crippen LogP contribution in [0.3, 0.4) is 0 Å². The van der Waals surface area contributed by atoms with Gasteiger partial charge >= 0.3 is 0 Å². The van der Waals surface area contributed by atoms with Crippen LogP contribution < -0.4 is 4.74 Å². The molecule has 63 heavy (non-hydrogen) atoms. The molecule has 3 heterocycles. The van der Waals surface area contributed by atoms with Gasteiger partial charge in [-0.2, -0.15) is 8.42 Å². The van der Waals surface area contributed by atoms with Gasteiger partial charge in [0.25, 0.3) is 10.1 Å². The van der Waals surface area contributed by atoms with Gasteiger partial charge in [0.05, 0.1) is 77.4 Å². The van der Waals surface area contributed by atoms with E-state index in [4.69, 9.17) is 33.3 Å². The summed E-state index contributed by atoms with van der Waals surface area (Å²) in [6.07, 6.45) is 4.97. The topological polar surface area (TPSA) is 189 Å². The average Bonchev–Trinajstić information content (AvgIpc) is 3.21. The van der Waals surface area contributed by atoms with Crippen LogP contribution >= 0.6 is 10.7 Å². The molecule has 7 rings (SSSR count). The van der Waals surface area contributed by atoms with Crippen LogP contribution in [0.1, 0.15) is 79.3 Å². The van der Waals surface area contributed by atoms with Gasteiger partial charge in [0, 0.05) is 43.8 Å². The van der Waals surface area contributed by atoms with Gasteiger partial charge < -0.3 is 29.2 Å². The summed E-state index contributed by atoms with van der Waals surface area (Å²) in [6.45, 7) is 11.7. The van der Waals surface area contributed by atoms with E-state index < -0.39 is 19.2 Å². The van der Waals surface area contributed by atoms with Crippen LogP contribution in [-0.2, 0) is 37.6 Å². The highest BCUT2D eigenvalue weighted by Crippen LogP contribution is 2.33. The Kier molecular flexibility index (Phi) is 22.6. The molecular weight excluding hydrogens is 872 g/mol. The van der Waals surface area contributed by atoms with E-state index in [1.165, 1.54) is 12.1 Å². The second kappa shape index (κ2) is 25.9. The largest absolute Gasteiger partial charge is 0.508 e. The quantitative estimate of drug-likeness (QED) is 0.0705. The van der Waals surface area contributed by atoms with Gasteiger partial charge in [-0.15, -0.1) is 0 Å². The molecule has 16 heteroatoms. The first kappa shape index (κ1) is 54.9. The van der Waals surface area contributed by atoms with E-state index in [0.29, 0.717) is 42.1 Å². The zero-order valence-electron chi connectivity index (χ0n) is 36.0. The third-order valence-corrected chi connectivity index (χ3v) is 11.0. The second-order valence-corrected chi connectivity index (χ2v) is 20.3. The number of halogens is 1. The zero-order valence-corrected chi connectivity index (χ0v) is 38.3. The van der Waals surface area contributed by atoms with Crippen molar-refractivity contribution in [2.24, 2.45) is 16.2 Å². The minimum Gasteiger partial charge on any atom is -0.508 e. The molecule has 0 saturated carbocycles. The monoisotopic (exact) mass is 934 g/mol. The van der Waals surface area contributed by atoms with Crippen molar-refractivity contribution < 1.29 is 59.8 Å². The second-order valence-electron chi connectivity index (χ2n) is 15.6. The number of phenolic OH excluding ortho intramolecular Hbond substituents is 1. The van der Waals surface area contributed by atoms with Crippen molar-refractivity contribution in [2.75, 3.05) is 72.0 Å². The lowest BCUT2D eigenvalue weighted by Gasteiger charge is -2.40. The Morgan fingerprint density at radius 2 is 0.921 bits per heavy atom. The Bertz CT molecular complexity index is 2140. The Morgan fingerprint density at radius 1 is 0.587 bits per heavy atom. The van der Waals surface area contributed by atoms with E-state index in [-0.39, 0.29) is 54.2 Å². The molecule has 4 aromatic carbocycles. The molecular formula is C47H63ClO13S2. The first-order valence-corrected chi connectivity index (χ1v) is 24.6. The fourth-order valence-corrected chi connectivity index (χ4v) is 6.12. The first-order valence-electron chi connectivity index (χ1n) is 20.1. The molecule has 3 aliphatic rings. The number of benzene rings is 4. The summed E-state index contributed by atoms with van der Waals surface area (Å²) in [5.74, 6) is 0.962. The van der Waals surface area contributed by atoms with Crippen molar-refractivity contribution in [1.82, 2.24) is 0 Å². The van der Waals surface area contributed by atoms with Crippen molar-refractivity contribution >= 4 is 41.4 Å². The highest BCUT2D eigenvalue weighted by molar-refractivity contribution is 8.13. The summed E-state index contributed by atoms with van der Waals surface area (Å²) in [5.41, 5.74) is 2.87. The van der Waals surface area contributed by atoms with Gasteiger partial charge in [-0.3, -0.25) is 13.8 Å². The molecule has 0 aromatic heterocycles. The Balaban J connectivity index is 0.000000292. The maximum Gasteiger partial charge on any atom is 0.264 e. The van der Waals surface area contributed by atoms with Gasteiger partial charge in [-0.1, -0.05) is 88.9 Å². The molecule has 3 saturated heterocycles. The van der Waals surface area contributed by atoms with Crippen LogP contribution in [0.25, 0.3) is 0 Å². The molecule has 0 radical (unpaired) electrons. The minimum atomic E-state index is -3.30. The van der Waals surface area contributed by atoms with Crippen LogP contribution in [0.4, 0.5) is 0 Å². The van der Waals surface area contributed by atoms with E-state index in [9.17, 15) is 26.4 Å². The van der Waals surface area contributed by atoms with Crippen LogP contribution in [0.2, 0.25) is 0 Å². The van der Waals surface area contributed by atoms with Crippen LogP contribution in [0.15, 0.2) is 109 Å². The number of hydrogen-bond acceptors (Lipinski definition) is 13. The molecule has 0 atom stereocenters. The van der Waals surface area contributed by atoms with Crippen LogP contribution in [-0.4, -0.2) is 111 Å². The van der Waals surface area contributed by atoms with Crippen LogP contribution in [0, 0.1) is 16.2 Å². The molecule has 0 aliphatic carbocycles. The number of ketones is 2. The molecule has 0 amide bonds. The fourth-order valence-electron chi connectivity index (χ4n) is 5.65. The lowest BCUT2D eigenvalue weighted by molar-refractivity contribution is -0.138. The summed E-state index contributed by atoms with van der Waals surface area (Å²) in [4.78, 5) is 24.2. The lowest BCUT2D eigenvalue weighted by Crippen LogP contribution is -2.46. The normalized spacial score (nSPS) is 16.1. The maximum absolute atomic E-state index is 12.3. The molecule has 4 aromatic rings. The van der Waals surface area contributed by atoms with Crippen molar-refractivity contribution in [3.8, 4) is 11.5 Å². The summed E-state index contributed by atoms with van der Waals surface area (Å²) in [5, 5.41) is 17.9. The number of aromatic hydroxyl groups is 1. The third kappa shape index (κ3) is 19.2. The first-order chi connectivity index (χ1) is 29.3. The van der Waals surface area contributed by atoms with Gasteiger partial charge in [0.2, 0.25) is 9.05 Å². The molecule has 0 bridgehead atoms. The van der Waals surface area contributed by atoms with Crippen molar-refractivity contribution in [1.29, 1.82) is 0 Å². The highest BCUT2D eigenvalue weighted by Gasteiger charge is 2.39. The van der Waals surface area contributed by atoms with Crippen molar-refractivity contribution in [2.45, 2.75) is 47.5 Å². The standard InChI is InChI=1S/C19H20O3.C13H10O2.C7H14O4S.C6H12O2.CH3ClO2S.CH4/c1-2-19(12-21-13-19)14-22-17-10-8-16(9-11-17)18(20)15-6-4-3-5-7-15;14-12-8-6-11(7-9-12)13(15)10-4-2-1-3-5-10;1-3-7(4-10-5-7)6-11-12(2,8)9;1-2-6(3-7)4-8-5-6;1-5(2,3)4;/h3-11H,2,12-14H2,1H3;1-9,14H;3-6H2,1-2H3;7H,2-5H2,1H3;1H3;1H4. The van der Waals surface area contributed by atoms with Crippen molar-refractivity contribution in [3.05, 3.63) is 131 Å². The molecule has 3 aliphatic heterocycles. The van der Waals surface area contributed by atoms with Gasteiger partial charge in [-0.25, -0.2) is 8.42 Å². The average molecular weight is 936 g/mol. The number of aliphatic hydroxyl groups excluding tert-OH is 1. The number of aliphatic hydroxyl groups is 1. The lowest BCUT2D eigenvalue weighted by atomic mass is 9.84. The number of ether oxygens (including phenoxy) is 4. The van der Waals surface area contributed by atoms with Gasteiger partial charge in [-0.05, 0) is 67.8 Å². The number of phenols is 1. The Labute approximate surface area is 378 Å². The summed E-state index contributed by atoms with van der Waals surface area (Å²) >= 11 is 0. The smallest absolute Gasteiger partial charge is 0.264 e. The van der Waals surface area contributed by atoms with E-state index in [0.717, 1.165) is 64.0 Å². The number of carbonyl (C=O) groups excluding carboxylic acids is 2. The Hall–Kier alpha value is -4.19. The molecule has 2 N–H and O–H groups in total. The van der Waals surface area contributed by atoms with E-state index in [1.54, 1.807) is 24.3 Å². The third-order valence-electron chi connectivity index (χ3n) is 10.5. The molecule has 0 spiro atoms.